The molecule has 1 unspecified atom stereocenters. The third-order valence-electron chi connectivity index (χ3n) is 5.49. The summed E-state index contributed by atoms with van der Waals surface area (Å²) >= 11 is 0. The maximum atomic E-state index is 3.84. The highest BCUT2D eigenvalue weighted by Gasteiger charge is 2.40. The van der Waals surface area contributed by atoms with Crippen LogP contribution in [-0.4, -0.2) is 12.6 Å². The number of rotatable bonds is 6. The fraction of sp³-hybridized carbons (Fsp3) is 0.455. The molecule has 1 aliphatic rings. The molecule has 0 aliphatic heterocycles. The Morgan fingerprint density at radius 2 is 1.48 bits per heavy atom. The molecule has 0 amide bonds. The van der Waals surface area contributed by atoms with Crippen molar-refractivity contribution in [3.8, 4) is 0 Å². The summed E-state index contributed by atoms with van der Waals surface area (Å²) in [6.45, 7) is 3.27. The van der Waals surface area contributed by atoms with Gasteiger partial charge in [0.1, 0.15) is 0 Å². The molecule has 1 saturated carbocycles. The number of likely N-dealkylation sites (N-methyl/N-ethyl adjacent to an activating group) is 1. The van der Waals surface area contributed by atoms with E-state index in [9.17, 15) is 0 Å². The first-order valence-corrected chi connectivity index (χ1v) is 9.18. The van der Waals surface area contributed by atoms with Gasteiger partial charge in [-0.1, -0.05) is 86.8 Å². The second kappa shape index (κ2) is 7.79. The van der Waals surface area contributed by atoms with Crippen LogP contribution in [0.1, 0.15) is 50.2 Å². The van der Waals surface area contributed by atoms with E-state index in [1.807, 2.05) is 0 Å². The quantitative estimate of drug-likeness (QED) is 0.782. The Morgan fingerprint density at radius 3 is 2.09 bits per heavy atom. The van der Waals surface area contributed by atoms with E-state index in [-0.39, 0.29) is 5.41 Å². The molecule has 0 saturated heterocycles. The van der Waals surface area contributed by atoms with Crippen molar-refractivity contribution in [2.45, 2.75) is 56.9 Å². The molecular formula is C22H29N. The summed E-state index contributed by atoms with van der Waals surface area (Å²) in [6.07, 6.45) is 7.82. The van der Waals surface area contributed by atoms with Crippen LogP contribution >= 0.6 is 0 Å². The fourth-order valence-electron chi connectivity index (χ4n) is 4.35. The highest BCUT2D eigenvalue weighted by Crippen LogP contribution is 2.43. The van der Waals surface area contributed by atoms with Crippen LogP contribution in [0.4, 0.5) is 0 Å². The van der Waals surface area contributed by atoms with E-state index in [1.54, 1.807) is 0 Å². The zero-order chi connectivity index (χ0) is 16.0. The monoisotopic (exact) mass is 307 g/mol. The van der Waals surface area contributed by atoms with Crippen LogP contribution in [0.5, 0.6) is 0 Å². The molecule has 0 heterocycles. The van der Waals surface area contributed by atoms with Crippen LogP contribution in [0.3, 0.4) is 0 Å². The van der Waals surface area contributed by atoms with Crippen molar-refractivity contribution < 1.29 is 0 Å². The molecule has 122 valence electrons. The molecule has 1 heteroatoms. The van der Waals surface area contributed by atoms with Crippen LogP contribution < -0.4 is 5.32 Å². The zero-order valence-corrected chi connectivity index (χ0v) is 14.3. The molecule has 1 N–H and O–H groups in total. The molecule has 1 fully saturated rings. The Bertz CT molecular complexity index is 569. The first-order valence-electron chi connectivity index (χ1n) is 9.18. The predicted octanol–water partition coefficient (Wildman–Crippen LogP) is 5.11. The summed E-state index contributed by atoms with van der Waals surface area (Å²) < 4.78 is 0. The Labute approximate surface area is 141 Å². The van der Waals surface area contributed by atoms with Crippen molar-refractivity contribution in [3.05, 3.63) is 71.8 Å². The summed E-state index contributed by atoms with van der Waals surface area (Å²) in [5.41, 5.74) is 3.26. The zero-order valence-electron chi connectivity index (χ0n) is 14.3. The molecule has 1 atom stereocenters. The minimum absolute atomic E-state index is 0.283. The van der Waals surface area contributed by atoms with Gasteiger partial charge in [-0.3, -0.25) is 0 Å². The van der Waals surface area contributed by atoms with Crippen molar-refractivity contribution in [3.63, 3.8) is 0 Å². The van der Waals surface area contributed by atoms with Crippen LogP contribution in [-0.2, 0) is 11.8 Å². The molecule has 0 spiro atoms. The number of hydrogen-bond acceptors (Lipinski definition) is 1. The van der Waals surface area contributed by atoms with Crippen molar-refractivity contribution in [1.82, 2.24) is 5.32 Å². The van der Waals surface area contributed by atoms with Crippen LogP contribution in [0.25, 0.3) is 0 Å². The van der Waals surface area contributed by atoms with Gasteiger partial charge in [-0.25, -0.2) is 0 Å². The lowest BCUT2D eigenvalue weighted by Crippen LogP contribution is -2.51. The smallest absolute Gasteiger partial charge is 0.0204 e. The minimum atomic E-state index is 0.283. The van der Waals surface area contributed by atoms with Gasteiger partial charge in [0.25, 0.3) is 0 Å². The van der Waals surface area contributed by atoms with Gasteiger partial charge in [0, 0.05) is 11.5 Å². The second-order valence-electron chi connectivity index (χ2n) is 6.88. The van der Waals surface area contributed by atoms with Crippen molar-refractivity contribution in [2.24, 2.45) is 0 Å². The van der Waals surface area contributed by atoms with Crippen molar-refractivity contribution in [1.29, 1.82) is 0 Å². The third kappa shape index (κ3) is 3.67. The Balaban J connectivity index is 1.94. The SMILES string of the molecule is CCNC(Cc1ccccc1)C1(c2ccccc2)CCCCC1. The van der Waals surface area contributed by atoms with E-state index in [1.165, 1.54) is 43.2 Å². The van der Waals surface area contributed by atoms with E-state index in [0.29, 0.717) is 6.04 Å². The molecule has 23 heavy (non-hydrogen) atoms. The largest absolute Gasteiger partial charge is 0.313 e. The average molecular weight is 307 g/mol. The maximum Gasteiger partial charge on any atom is 0.0204 e. The summed E-state index contributed by atoms with van der Waals surface area (Å²) in [5, 5.41) is 3.84. The average Bonchev–Trinajstić information content (AvgIpc) is 2.63. The fourth-order valence-corrected chi connectivity index (χ4v) is 4.35. The lowest BCUT2D eigenvalue weighted by Gasteiger charge is -2.45. The lowest BCUT2D eigenvalue weighted by atomic mass is 9.63. The van der Waals surface area contributed by atoms with Gasteiger partial charge in [-0.15, -0.1) is 0 Å². The van der Waals surface area contributed by atoms with Crippen LogP contribution in [0.15, 0.2) is 60.7 Å². The summed E-state index contributed by atoms with van der Waals surface area (Å²) in [7, 11) is 0. The summed E-state index contributed by atoms with van der Waals surface area (Å²) in [4.78, 5) is 0. The van der Waals surface area contributed by atoms with Gasteiger partial charge in [-0.2, -0.15) is 0 Å². The van der Waals surface area contributed by atoms with Crippen LogP contribution in [0, 0.1) is 0 Å². The predicted molar refractivity (Wildman–Crippen MR) is 98.8 cm³/mol. The Morgan fingerprint density at radius 1 is 0.870 bits per heavy atom. The Hall–Kier alpha value is -1.60. The highest BCUT2D eigenvalue weighted by atomic mass is 14.9. The van der Waals surface area contributed by atoms with E-state index in [2.05, 4.69) is 72.9 Å². The van der Waals surface area contributed by atoms with E-state index < -0.39 is 0 Å². The molecule has 0 radical (unpaired) electrons. The van der Waals surface area contributed by atoms with Crippen molar-refractivity contribution >= 4 is 0 Å². The summed E-state index contributed by atoms with van der Waals surface area (Å²) in [5.74, 6) is 0. The van der Waals surface area contributed by atoms with Crippen LogP contribution in [0.2, 0.25) is 0 Å². The molecule has 3 rings (SSSR count). The first kappa shape index (κ1) is 16.3. The Kier molecular flexibility index (Phi) is 5.51. The van der Waals surface area contributed by atoms with Crippen molar-refractivity contribution in [2.75, 3.05) is 6.54 Å². The molecule has 1 nitrogen and oxygen atoms in total. The van der Waals surface area contributed by atoms with Gasteiger partial charge in [0.15, 0.2) is 0 Å². The first-order chi connectivity index (χ1) is 11.3. The molecule has 0 bridgehead atoms. The van der Waals surface area contributed by atoms with E-state index in [0.717, 1.165) is 13.0 Å². The number of nitrogens with one attached hydrogen (secondary N) is 1. The molecule has 1 aliphatic carbocycles. The van der Waals surface area contributed by atoms with E-state index in [4.69, 9.17) is 0 Å². The highest BCUT2D eigenvalue weighted by molar-refractivity contribution is 5.30. The number of hydrogen-bond donors (Lipinski definition) is 1. The second-order valence-corrected chi connectivity index (χ2v) is 6.88. The summed E-state index contributed by atoms with van der Waals surface area (Å²) in [6, 6.07) is 22.7. The molecule has 0 aromatic heterocycles. The van der Waals surface area contributed by atoms with Gasteiger partial charge in [0.2, 0.25) is 0 Å². The normalized spacial score (nSPS) is 18.5. The van der Waals surface area contributed by atoms with Gasteiger partial charge >= 0.3 is 0 Å². The molecule has 2 aromatic carbocycles. The van der Waals surface area contributed by atoms with Gasteiger partial charge in [0.05, 0.1) is 0 Å². The lowest BCUT2D eigenvalue weighted by molar-refractivity contribution is 0.212. The standard InChI is InChI=1S/C22H29N/c1-2-23-21(18-19-12-6-3-7-13-19)22(16-10-5-11-17-22)20-14-8-4-9-15-20/h3-4,6-9,12-15,21,23H,2,5,10-11,16-18H2,1H3. The molecule has 2 aromatic rings. The van der Waals surface area contributed by atoms with Gasteiger partial charge in [-0.05, 0) is 36.9 Å². The molecular weight excluding hydrogens is 278 g/mol. The maximum absolute atomic E-state index is 3.84. The number of benzene rings is 2. The van der Waals surface area contributed by atoms with Gasteiger partial charge < -0.3 is 5.32 Å². The topological polar surface area (TPSA) is 12.0 Å². The minimum Gasteiger partial charge on any atom is -0.313 e. The third-order valence-corrected chi connectivity index (χ3v) is 5.49. The van der Waals surface area contributed by atoms with E-state index >= 15 is 0 Å².